The first-order chi connectivity index (χ1) is 9.62. The smallest absolute Gasteiger partial charge is 0.244 e. The van der Waals surface area contributed by atoms with Crippen molar-refractivity contribution in [2.75, 3.05) is 18.8 Å². The maximum absolute atomic E-state index is 12.7. The number of hydrogen-bond donors (Lipinski definition) is 1. The van der Waals surface area contributed by atoms with Crippen molar-refractivity contribution in [3.8, 4) is 0 Å². The lowest BCUT2D eigenvalue weighted by atomic mass is 9.76. The van der Waals surface area contributed by atoms with Crippen LogP contribution in [0.1, 0.15) is 33.6 Å². The maximum Gasteiger partial charge on any atom is 0.244 e. The largest absolute Gasteiger partial charge is 0.399 e. The van der Waals surface area contributed by atoms with Gasteiger partial charge >= 0.3 is 0 Å². The summed E-state index contributed by atoms with van der Waals surface area (Å²) >= 11 is 3.31. The average Bonchev–Trinajstić information content (AvgIpc) is 2.37. The van der Waals surface area contributed by atoms with Crippen molar-refractivity contribution >= 4 is 31.6 Å². The molecule has 4 nitrogen and oxygen atoms in total. The molecule has 1 aliphatic rings. The number of rotatable bonds is 2. The Balaban J connectivity index is 2.19. The van der Waals surface area contributed by atoms with Gasteiger partial charge in [0.15, 0.2) is 0 Å². The van der Waals surface area contributed by atoms with E-state index in [2.05, 4.69) is 36.7 Å². The maximum atomic E-state index is 12.7. The molecule has 1 saturated heterocycles. The van der Waals surface area contributed by atoms with Crippen molar-refractivity contribution < 1.29 is 8.42 Å². The van der Waals surface area contributed by atoms with Gasteiger partial charge in [0, 0.05) is 23.2 Å². The molecule has 1 aromatic carbocycles. The third-order valence-corrected chi connectivity index (χ3v) is 7.13. The fourth-order valence-electron chi connectivity index (χ4n) is 2.83. The van der Waals surface area contributed by atoms with Gasteiger partial charge < -0.3 is 5.73 Å². The Kier molecular flexibility index (Phi) is 4.71. The van der Waals surface area contributed by atoms with Crippen molar-refractivity contribution in [3.63, 3.8) is 0 Å². The van der Waals surface area contributed by atoms with Gasteiger partial charge in [0.1, 0.15) is 0 Å². The summed E-state index contributed by atoms with van der Waals surface area (Å²) in [4.78, 5) is 0.297. The van der Waals surface area contributed by atoms with Crippen LogP contribution in [0.5, 0.6) is 0 Å². The van der Waals surface area contributed by atoms with E-state index in [1.165, 1.54) is 0 Å². The molecule has 0 unspecified atom stereocenters. The first kappa shape index (κ1) is 16.8. The van der Waals surface area contributed by atoms with Gasteiger partial charge in [0.25, 0.3) is 0 Å². The van der Waals surface area contributed by atoms with Crippen molar-refractivity contribution in [3.05, 3.63) is 22.7 Å². The van der Waals surface area contributed by atoms with Gasteiger partial charge in [-0.1, -0.05) is 20.8 Å². The molecule has 0 radical (unpaired) electrons. The van der Waals surface area contributed by atoms with E-state index < -0.39 is 10.0 Å². The molecule has 0 amide bonds. The van der Waals surface area contributed by atoms with Crippen molar-refractivity contribution in [2.24, 2.45) is 11.3 Å². The SMILES string of the molecule is CC(C)(C)C1CCN(S(=O)(=O)c2ccc(N)cc2Br)CC1. The van der Waals surface area contributed by atoms with E-state index >= 15 is 0 Å². The highest BCUT2D eigenvalue weighted by Crippen LogP contribution is 2.36. The molecule has 1 fully saturated rings. The minimum absolute atomic E-state index is 0.234. The van der Waals surface area contributed by atoms with Gasteiger partial charge in [0.2, 0.25) is 10.0 Å². The first-order valence-electron chi connectivity index (χ1n) is 7.17. The molecule has 0 saturated carbocycles. The van der Waals surface area contributed by atoms with E-state index in [9.17, 15) is 8.42 Å². The molecule has 1 aromatic rings. The Morgan fingerprint density at radius 2 is 1.81 bits per heavy atom. The summed E-state index contributed by atoms with van der Waals surface area (Å²) < 4.78 is 27.6. The monoisotopic (exact) mass is 374 g/mol. The number of sulfonamides is 1. The van der Waals surface area contributed by atoms with Gasteiger partial charge in [0.05, 0.1) is 4.90 Å². The zero-order chi connectivity index (χ0) is 15.8. The number of halogens is 1. The topological polar surface area (TPSA) is 63.4 Å². The number of piperidine rings is 1. The second kappa shape index (κ2) is 5.89. The second-order valence-electron chi connectivity index (χ2n) is 6.73. The van der Waals surface area contributed by atoms with Crippen LogP contribution in [-0.4, -0.2) is 25.8 Å². The van der Waals surface area contributed by atoms with Crippen LogP contribution in [0.4, 0.5) is 5.69 Å². The quantitative estimate of drug-likeness (QED) is 0.805. The van der Waals surface area contributed by atoms with Gasteiger partial charge in [-0.2, -0.15) is 4.31 Å². The molecule has 0 aromatic heterocycles. The van der Waals surface area contributed by atoms with Crippen LogP contribution in [0.3, 0.4) is 0 Å². The van der Waals surface area contributed by atoms with Gasteiger partial charge in [-0.3, -0.25) is 0 Å². The Labute approximate surface area is 135 Å². The van der Waals surface area contributed by atoms with Crippen molar-refractivity contribution in [2.45, 2.75) is 38.5 Å². The number of anilines is 1. The summed E-state index contributed by atoms with van der Waals surface area (Å²) in [5.41, 5.74) is 6.46. The summed E-state index contributed by atoms with van der Waals surface area (Å²) in [6.45, 7) is 7.83. The molecule has 0 atom stereocenters. The van der Waals surface area contributed by atoms with Gasteiger partial charge in [-0.05, 0) is 58.3 Å². The zero-order valence-corrected chi connectivity index (χ0v) is 15.2. The molecular weight excluding hydrogens is 352 g/mol. The summed E-state index contributed by atoms with van der Waals surface area (Å²) in [7, 11) is -3.45. The number of nitrogen functional groups attached to an aromatic ring is 1. The molecular formula is C15H23BrN2O2S. The third-order valence-electron chi connectivity index (χ3n) is 4.25. The predicted molar refractivity (Wildman–Crippen MR) is 89.5 cm³/mol. The normalized spacial score (nSPS) is 18.9. The van der Waals surface area contributed by atoms with E-state index in [-0.39, 0.29) is 5.41 Å². The highest BCUT2D eigenvalue weighted by atomic mass is 79.9. The highest BCUT2D eigenvalue weighted by Gasteiger charge is 2.34. The Morgan fingerprint density at radius 1 is 1.24 bits per heavy atom. The van der Waals surface area contributed by atoms with E-state index in [0.717, 1.165) is 12.8 Å². The number of benzene rings is 1. The molecule has 0 spiro atoms. The highest BCUT2D eigenvalue weighted by molar-refractivity contribution is 9.10. The molecule has 1 heterocycles. The average molecular weight is 375 g/mol. The predicted octanol–water partition coefficient (Wildman–Crippen LogP) is 3.48. The summed E-state index contributed by atoms with van der Waals surface area (Å²) in [5.74, 6) is 0.568. The standard InChI is InChI=1S/C15H23BrN2O2S/c1-15(2,3)11-6-8-18(9-7-11)21(19,20)14-5-4-12(17)10-13(14)16/h4-5,10-11H,6-9,17H2,1-3H3. The van der Waals surface area contributed by atoms with Crippen LogP contribution in [0, 0.1) is 11.3 Å². The van der Waals surface area contributed by atoms with Crippen LogP contribution in [-0.2, 0) is 10.0 Å². The van der Waals surface area contributed by atoms with Crippen LogP contribution < -0.4 is 5.73 Å². The lowest BCUT2D eigenvalue weighted by Gasteiger charge is -2.38. The molecule has 21 heavy (non-hydrogen) atoms. The van der Waals surface area contributed by atoms with Gasteiger partial charge in [-0.25, -0.2) is 8.42 Å². The van der Waals surface area contributed by atoms with Crippen molar-refractivity contribution in [1.82, 2.24) is 4.31 Å². The third kappa shape index (κ3) is 3.60. The molecule has 6 heteroatoms. The molecule has 118 valence electrons. The van der Waals surface area contributed by atoms with Crippen LogP contribution >= 0.6 is 15.9 Å². The summed E-state index contributed by atoms with van der Waals surface area (Å²) in [6.07, 6.45) is 1.82. The molecule has 2 rings (SSSR count). The number of hydrogen-bond acceptors (Lipinski definition) is 3. The van der Waals surface area contributed by atoms with E-state index in [1.54, 1.807) is 22.5 Å². The number of nitrogens with two attached hydrogens (primary N) is 1. The van der Waals surface area contributed by atoms with E-state index in [0.29, 0.717) is 34.1 Å². The summed E-state index contributed by atoms with van der Waals surface area (Å²) in [6, 6.07) is 4.83. The molecule has 0 bridgehead atoms. The van der Waals surface area contributed by atoms with Crippen LogP contribution in [0.25, 0.3) is 0 Å². The lowest BCUT2D eigenvalue weighted by molar-refractivity contribution is 0.154. The van der Waals surface area contributed by atoms with E-state index in [4.69, 9.17) is 5.73 Å². The minimum atomic E-state index is -3.45. The molecule has 2 N–H and O–H groups in total. The Hall–Kier alpha value is -0.590. The van der Waals surface area contributed by atoms with Crippen molar-refractivity contribution in [1.29, 1.82) is 0 Å². The van der Waals surface area contributed by atoms with E-state index in [1.807, 2.05) is 0 Å². The molecule has 0 aliphatic carbocycles. The summed E-state index contributed by atoms with van der Waals surface area (Å²) in [5, 5.41) is 0. The fraction of sp³-hybridized carbons (Fsp3) is 0.600. The zero-order valence-electron chi connectivity index (χ0n) is 12.8. The van der Waals surface area contributed by atoms with Gasteiger partial charge in [-0.15, -0.1) is 0 Å². The Morgan fingerprint density at radius 3 is 2.29 bits per heavy atom. The Bertz CT molecular complexity index is 615. The first-order valence-corrected chi connectivity index (χ1v) is 9.41. The molecule has 1 aliphatic heterocycles. The van der Waals surface area contributed by atoms with Crippen LogP contribution in [0.2, 0.25) is 0 Å². The fourth-order valence-corrected chi connectivity index (χ4v) is 5.35. The number of nitrogens with zero attached hydrogens (tertiary/aromatic N) is 1. The minimum Gasteiger partial charge on any atom is -0.399 e. The van der Waals surface area contributed by atoms with Crippen LogP contribution in [0.15, 0.2) is 27.6 Å². The second-order valence-corrected chi connectivity index (χ2v) is 9.49. The lowest BCUT2D eigenvalue weighted by Crippen LogP contribution is -2.41.